The smallest absolute Gasteiger partial charge is 0.266 e. The van der Waals surface area contributed by atoms with Crippen molar-refractivity contribution >= 4 is 11.8 Å². The Morgan fingerprint density at radius 3 is 2.22 bits per heavy atom. The maximum atomic E-state index is 12.5. The number of nitrogens with zero attached hydrogens (tertiary/aromatic N) is 1. The van der Waals surface area contributed by atoms with Crippen LogP contribution in [0.4, 0.5) is 0 Å². The molecule has 2 aromatic rings. The Morgan fingerprint density at radius 2 is 1.67 bits per heavy atom. The molecule has 2 amide bonds. The minimum absolute atomic E-state index is 0.125. The molecule has 1 atom stereocenters. The van der Waals surface area contributed by atoms with E-state index in [4.69, 9.17) is 9.94 Å². The molecule has 0 heterocycles. The molecule has 0 saturated heterocycles. The van der Waals surface area contributed by atoms with E-state index in [0.717, 1.165) is 16.9 Å². The molecule has 0 fully saturated rings. The van der Waals surface area contributed by atoms with E-state index in [-0.39, 0.29) is 18.2 Å². The van der Waals surface area contributed by atoms with Gasteiger partial charge in [0.1, 0.15) is 18.4 Å². The average molecular weight is 370 g/mol. The van der Waals surface area contributed by atoms with E-state index >= 15 is 0 Å². The largest absolute Gasteiger partial charge is 0.489 e. The number of hydroxylamine groups is 1. The fourth-order valence-electron chi connectivity index (χ4n) is 2.89. The summed E-state index contributed by atoms with van der Waals surface area (Å²) in [6.07, 6.45) is 0.164. The zero-order chi connectivity index (χ0) is 19.8. The molecule has 6 heteroatoms. The molecule has 2 rings (SSSR count). The highest BCUT2D eigenvalue weighted by Crippen LogP contribution is 2.16. The van der Waals surface area contributed by atoms with E-state index in [1.165, 1.54) is 4.90 Å². The van der Waals surface area contributed by atoms with E-state index in [1.807, 2.05) is 68.4 Å². The van der Waals surface area contributed by atoms with Crippen molar-refractivity contribution in [2.75, 3.05) is 7.05 Å². The fraction of sp³-hybridized carbons (Fsp3) is 0.333. The van der Waals surface area contributed by atoms with Gasteiger partial charge in [0.15, 0.2) is 0 Å². The number of likely N-dealkylation sites (N-methyl/N-ethyl adjacent to an activating group) is 1. The molecule has 0 spiro atoms. The van der Waals surface area contributed by atoms with Crippen LogP contribution in [0.2, 0.25) is 0 Å². The van der Waals surface area contributed by atoms with E-state index in [9.17, 15) is 9.59 Å². The van der Waals surface area contributed by atoms with Gasteiger partial charge in [-0.2, -0.15) is 0 Å². The summed E-state index contributed by atoms with van der Waals surface area (Å²) < 4.78 is 5.74. The molecular formula is C21H26N2O4. The first-order valence-corrected chi connectivity index (χ1v) is 8.87. The van der Waals surface area contributed by atoms with Gasteiger partial charge < -0.3 is 9.64 Å². The Bertz CT molecular complexity index is 745. The van der Waals surface area contributed by atoms with Crippen LogP contribution in [0.5, 0.6) is 5.75 Å². The van der Waals surface area contributed by atoms with Crippen molar-refractivity contribution in [2.45, 2.75) is 32.9 Å². The molecule has 1 unspecified atom stereocenters. The summed E-state index contributed by atoms with van der Waals surface area (Å²) in [6.45, 7) is 4.12. The van der Waals surface area contributed by atoms with Crippen LogP contribution in [0.15, 0.2) is 54.6 Å². The second-order valence-corrected chi connectivity index (χ2v) is 6.76. The third-order valence-corrected chi connectivity index (χ3v) is 4.35. The fourth-order valence-corrected chi connectivity index (χ4v) is 2.89. The van der Waals surface area contributed by atoms with Crippen molar-refractivity contribution in [2.24, 2.45) is 5.92 Å². The lowest BCUT2D eigenvalue weighted by Crippen LogP contribution is -2.50. The van der Waals surface area contributed by atoms with Crippen LogP contribution in [-0.4, -0.2) is 35.0 Å². The predicted molar refractivity (Wildman–Crippen MR) is 102 cm³/mol. The molecule has 0 aliphatic heterocycles. The third kappa shape index (κ3) is 5.82. The van der Waals surface area contributed by atoms with Crippen molar-refractivity contribution in [3.05, 3.63) is 65.7 Å². The lowest BCUT2D eigenvalue weighted by molar-refractivity contribution is -0.144. The van der Waals surface area contributed by atoms with Crippen molar-refractivity contribution in [3.8, 4) is 5.75 Å². The van der Waals surface area contributed by atoms with Crippen LogP contribution in [0.1, 0.15) is 25.0 Å². The number of amides is 2. The summed E-state index contributed by atoms with van der Waals surface area (Å²) >= 11 is 0. The molecule has 0 bridgehead atoms. The number of carbonyl (C=O) groups is 2. The predicted octanol–water partition coefficient (Wildman–Crippen LogP) is 2.80. The quantitative estimate of drug-likeness (QED) is 0.553. The van der Waals surface area contributed by atoms with Gasteiger partial charge in [0.2, 0.25) is 5.91 Å². The van der Waals surface area contributed by atoms with Gasteiger partial charge >= 0.3 is 0 Å². The van der Waals surface area contributed by atoms with E-state index in [2.05, 4.69) is 0 Å². The Morgan fingerprint density at radius 1 is 1.04 bits per heavy atom. The van der Waals surface area contributed by atoms with Crippen molar-refractivity contribution in [1.82, 2.24) is 10.4 Å². The van der Waals surface area contributed by atoms with Gasteiger partial charge in [-0.15, -0.1) is 0 Å². The number of hydrogen-bond donors (Lipinski definition) is 2. The standard InChI is InChI=1S/C21H26N2O4/c1-15(2)20(21(25)22-26)23(3)19(24)13-16-9-11-18(12-10-16)27-14-17-7-5-4-6-8-17/h4-12,15,20,26H,13-14H2,1-3H3,(H,22,25). The number of ether oxygens (including phenoxy) is 1. The third-order valence-electron chi connectivity index (χ3n) is 4.35. The highest BCUT2D eigenvalue weighted by molar-refractivity contribution is 5.87. The first-order valence-electron chi connectivity index (χ1n) is 8.87. The topological polar surface area (TPSA) is 78.9 Å². The van der Waals surface area contributed by atoms with Crippen LogP contribution in [0.3, 0.4) is 0 Å². The molecule has 0 saturated carbocycles. The second-order valence-electron chi connectivity index (χ2n) is 6.76. The second kappa shape index (κ2) is 9.73. The summed E-state index contributed by atoms with van der Waals surface area (Å²) in [7, 11) is 1.57. The SMILES string of the molecule is CC(C)C(C(=O)NO)N(C)C(=O)Cc1ccc(OCc2ccccc2)cc1. The first kappa shape index (κ1) is 20.5. The molecular weight excluding hydrogens is 344 g/mol. The highest BCUT2D eigenvalue weighted by Gasteiger charge is 2.29. The minimum Gasteiger partial charge on any atom is -0.489 e. The van der Waals surface area contributed by atoms with Gasteiger partial charge in [-0.3, -0.25) is 14.8 Å². The molecule has 2 N–H and O–H groups in total. The van der Waals surface area contributed by atoms with E-state index in [1.54, 1.807) is 12.5 Å². The van der Waals surface area contributed by atoms with Crippen molar-refractivity contribution in [1.29, 1.82) is 0 Å². The molecule has 0 aliphatic carbocycles. The van der Waals surface area contributed by atoms with Crippen LogP contribution >= 0.6 is 0 Å². The molecule has 6 nitrogen and oxygen atoms in total. The van der Waals surface area contributed by atoms with Crippen LogP contribution in [0, 0.1) is 5.92 Å². The molecule has 2 aromatic carbocycles. The zero-order valence-corrected chi connectivity index (χ0v) is 15.9. The summed E-state index contributed by atoms with van der Waals surface area (Å²) in [6, 6.07) is 16.5. The van der Waals surface area contributed by atoms with Crippen molar-refractivity contribution < 1.29 is 19.5 Å². The highest BCUT2D eigenvalue weighted by atomic mass is 16.5. The Balaban J connectivity index is 1.94. The Kier molecular flexibility index (Phi) is 7.37. The van der Waals surface area contributed by atoms with Crippen molar-refractivity contribution in [3.63, 3.8) is 0 Å². The van der Waals surface area contributed by atoms with Gasteiger partial charge in [0, 0.05) is 7.05 Å². The number of rotatable bonds is 8. The monoisotopic (exact) mass is 370 g/mol. The van der Waals surface area contributed by atoms with Crippen LogP contribution in [-0.2, 0) is 22.6 Å². The van der Waals surface area contributed by atoms with Gasteiger partial charge in [-0.25, -0.2) is 5.48 Å². The normalized spacial score (nSPS) is 11.7. The Hall–Kier alpha value is -2.86. The summed E-state index contributed by atoms with van der Waals surface area (Å²) in [5.74, 6) is -0.191. The van der Waals surface area contributed by atoms with Crippen LogP contribution in [0.25, 0.3) is 0 Å². The number of nitrogens with one attached hydrogen (secondary N) is 1. The summed E-state index contributed by atoms with van der Waals surface area (Å²) in [5, 5.41) is 8.89. The number of hydrogen-bond acceptors (Lipinski definition) is 4. The van der Waals surface area contributed by atoms with E-state index < -0.39 is 11.9 Å². The molecule has 144 valence electrons. The van der Waals surface area contributed by atoms with Gasteiger partial charge in [-0.1, -0.05) is 56.3 Å². The lowest BCUT2D eigenvalue weighted by atomic mass is 10.0. The summed E-state index contributed by atoms with van der Waals surface area (Å²) in [4.78, 5) is 25.7. The van der Waals surface area contributed by atoms with Gasteiger partial charge in [-0.05, 0) is 29.2 Å². The zero-order valence-electron chi connectivity index (χ0n) is 15.9. The van der Waals surface area contributed by atoms with Gasteiger partial charge in [0.25, 0.3) is 5.91 Å². The molecule has 0 aliphatic rings. The van der Waals surface area contributed by atoms with Gasteiger partial charge in [0.05, 0.1) is 6.42 Å². The summed E-state index contributed by atoms with van der Waals surface area (Å²) in [5.41, 5.74) is 3.54. The average Bonchev–Trinajstić information content (AvgIpc) is 2.67. The molecule has 0 radical (unpaired) electrons. The van der Waals surface area contributed by atoms with E-state index in [0.29, 0.717) is 6.61 Å². The number of carbonyl (C=O) groups excluding carboxylic acids is 2. The number of benzene rings is 2. The Labute approximate surface area is 159 Å². The minimum atomic E-state index is -0.726. The molecule has 27 heavy (non-hydrogen) atoms. The maximum Gasteiger partial charge on any atom is 0.266 e. The van der Waals surface area contributed by atoms with Crippen LogP contribution < -0.4 is 10.2 Å². The maximum absolute atomic E-state index is 12.5. The first-order chi connectivity index (χ1) is 12.9. The lowest BCUT2D eigenvalue weighted by Gasteiger charge is -2.29. The molecule has 0 aromatic heterocycles.